The lowest BCUT2D eigenvalue weighted by molar-refractivity contribution is -0.121. The molecular weight excluding hydrogens is 325 g/mol. The molecule has 0 bridgehead atoms. The number of carbonyl (C=O) groups is 1. The molecule has 2 aromatic rings. The van der Waals surface area contributed by atoms with Crippen molar-refractivity contribution >= 4 is 17.2 Å². The second-order valence-corrected chi connectivity index (χ2v) is 6.54. The molecule has 0 aliphatic carbocycles. The zero-order valence-corrected chi connectivity index (χ0v) is 15.0. The molecule has 4 nitrogen and oxygen atoms in total. The van der Waals surface area contributed by atoms with Crippen LogP contribution >= 0.6 is 11.3 Å². The second-order valence-electron chi connectivity index (χ2n) is 5.60. The highest BCUT2D eigenvalue weighted by Gasteiger charge is 2.08. The molecule has 0 aliphatic rings. The number of aryl methyl sites for hydroxylation is 1. The molecule has 1 heterocycles. The minimum Gasteiger partial charge on any atom is -0.350 e. The van der Waals surface area contributed by atoms with Crippen LogP contribution in [0.3, 0.4) is 0 Å². The van der Waals surface area contributed by atoms with Gasteiger partial charge in [-0.05, 0) is 37.2 Å². The molecule has 0 spiro atoms. The van der Waals surface area contributed by atoms with Gasteiger partial charge in [-0.1, -0.05) is 26.0 Å². The molecule has 130 valence electrons. The number of carbonyl (C=O) groups excluding carboxylic acids is 1. The quantitative estimate of drug-likeness (QED) is 0.755. The van der Waals surface area contributed by atoms with E-state index < -0.39 is 0 Å². The van der Waals surface area contributed by atoms with Crippen LogP contribution in [0.1, 0.15) is 36.5 Å². The fourth-order valence-electron chi connectivity index (χ4n) is 2.35. The number of rotatable bonds is 9. The topological polar surface area (TPSA) is 45.2 Å². The Morgan fingerprint density at radius 1 is 1.25 bits per heavy atom. The molecule has 0 radical (unpaired) electrons. The van der Waals surface area contributed by atoms with Crippen molar-refractivity contribution in [2.45, 2.75) is 39.8 Å². The highest BCUT2D eigenvalue weighted by atomic mass is 32.1. The summed E-state index contributed by atoms with van der Waals surface area (Å²) in [4.78, 5) is 18.8. The molecular formula is C18H24FN3OS. The van der Waals surface area contributed by atoms with E-state index in [9.17, 15) is 9.18 Å². The summed E-state index contributed by atoms with van der Waals surface area (Å²) in [6.45, 7) is 7.59. The number of thiazole rings is 1. The molecule has 1 N–H and O–H groups in total. The first-order valence-electron chi connectivity index (χ1n) is 8.27. The van der Waals surface area contributed by atoms with Crippen LogP contribution < -0.4 is 5.32 Å². The van der Waals surface area contributed by atoms with E-state index in [2.05, 4.69) is 34.4 Å². The lowest BCUT2D eigenvalue weighted by atomic mass is 10.1. The summed E-state index contributed by atoms with van der Waals surface area (Å²) in [6, 6.07) is 6.26. The molecule has 0 unspecified atom stereocenters. The Labute approximate surface area is 146 Å². The van der Waals surface area contributed by atoms with Crippen molar-refractivity contribution in [2.24, 2.45) is 0 Å². The van der Waals surface area contributed by atoms with Crippen LogP contribution in [0.5, 0.6) is 0 Å². The molecule has 6 heteroatoms. The first-order valence-corrected chi connectivity index (χ1v) is 9.15. The van der Waals surface area contributed by atoms with Gasteiger partial charge in [-0.25, -0.2) is 9.37 Å². The van der Waals surface area contributed by atoms with Crippen LogP contribution in [0.25, 0.3) is 0 Å². The lowest BCUT2D eigenvalue weighted by Gasteiger charge is -2.15. The van der Waals surface area contributed by atoms with Crippen molar-refractivity contribution in [3.63, 3.8) is 0 Å². The van der Waals surface area contributed by atoms with Gasteiger partial charge in [-0.3, -0.25) is 9.69 Å². The predicted molar refractivity (Wildman–Crippen MR) is 95.3 cm³/mol. The third-order valence-corrected chi connectivity index (χ3v) is 4.77. The Bertz CT molecular complexity index is 638. The smallest absolute Gasteiger partial charge is 0.220 e. The van der Waals surface area contributed by atoms with Crippen molar-refractivity contribution in [1.29, 1.82) is 0 Å². The SMILES string of the molecule is CCN(CC)Cc1csc(CNC(=O)CCc2ccc(F)cc2)n1. The first kappa shape index (κ1) is 18.5. The van der Waals surface area contributed by atoms with Crippen LogP contribution in [0.15, 0.2) is 29.6 Å². The summed E-state index contributed by atoms with van der Waals surface area (Å²) >= 11 is 1.58. The number of aromatic nitrogens is 1. The van der Waals surface area contributed by atoms with E-state index >= 15 is 0 Å². The maximum Gasteiger partial charge on any atom is 0.220 e. The molecule has 0 atom stereocenters. The number of nitrogens with zero attached hydrogens (tertiary/aromatic N) is 2. The largest absolute Gasteiger partial charge is 0.350 e. The zero-order chi connectivity index (χ0) is 17.4. The van der Waals surface area contributed by atoms with Gasteiger partial charge in [0.25, 0.3) is 0 Å². The van der Waals surface area contributed by atoms with Crippen LogP contribution in [0.2, 0.25) is 0 Å². The highest BCUT2D eigenvalue weighted by molar-refractivity contribution is 7.09. The van der Waals surface area contributed by atoms with E-state index in [0.29, 0.717) is 19.4 Å². The van der Waals surface area contributed by atoms with Gasteiger partial charge in [0.1, 0.15) is 10.8 Å². The molecule has 0 saturated carbocycles. The predicted octanol–water partition coefficient (Wildman–Crippen LogP) is 3.37. The molecule has 0 saturated heterocycles. The van der Waals surface area contributed by atoms with E-state index in [1.165, 1.54) is 12.1 Å². The van der Waals surface area contributed by atoms with Crippen molar-refractivity contribution in [3.8, 4) is 0 Å². The lowest BCUT2D eigenvalue weighted by Crippen LogP contribution is -2.23. The highest BCUT2D eigenvalue weighted by Crippen LogP contribution is 2.12. The fraction of sp³-hybridized carbons (Fsp3) is 0.444. The Hall–Kier alpha value is -1.79. The summed E-state index contributed by atoms with van der Waals surface area (Å²) in [7, 11) is 0. The summed E-state index contributed by atoms with van der Waals surface area (Å²) < 4.78 is 12.8. The maximum absolute atomic E-state index is 12.8. The van der Waals surface area contributed by atoms with E-state index in [0.717, 1.165) is 35.9 Å². The monoisotopic (exact) mass is 349 g/mol. The van der Waals surface area contributed by atoms with Crippen molar-refractivity contribution in [2.75, 3.05) is 13.1 Å². The first-order chi connectivity index (χ1) is 11.6. The van der Waals surface area contributed by atoms with Gasteiger partial charge in [0.2, 0.25) is 5.91 Å². The van der Waals surface area contributed by atoms with Crippen LogP contribution in [0.4, 0.5) is 4.39 Å². The Kier molecular flexibility index (Phi) is 7.34. The Morgan fingerprint density at radius 2 is 1.96 bits per heavy atom. The zero-order valence-electron chi connectivity index (χ0n) is 14.2. The maximum atomic E-state index is 12.8. The van der Waals surface area contributed by atoms with Gasteiger partial charge in [0, 0.05) is 18.3 Å². The van der Waals surface area contributed by atoms with Crippen LogP contribution in [-0.4, -0.2) is 28.9 Å². The van der Waals surface area contributed by atoms with Gasteiger partial charge in [0.15, 0.2) is 0 Å². The van der Waals surface area contributed by atoms with E-state index in [4.69, 9.17) is 0 Å². The number of amides is 1. The number of halogens is 1. The average Bonchev–Trinajstić information content (AvgIpc) is 3.05. The fourth-order valence-corrected chi connectivity index (χ4v) is 3.08. The molecule has 1 aromatic carbocycles. The van der Waals surface area contributed by atoms with E-state index in [1.807, 2.05) is 0 Å². The number of hydrogen-bond acceptors (Lipinski definition) is 4. The summed E-state index contributed by atoms with van der Waals surface area (Å²) in [5.74, 6) is -0.271. The van der Waals surface area contributed by atoms with Gasteiger partial charge in [-0.2, -0.15) is 0 Å². The molecule has 24 heavy (non-hydrogen) atoms. The van der Waals surface area contributed by atoms with Crippen LogP contribution in [0, 0.1) is 5.82 Å². The average molecular weight is 349 g/mol. The third kappa shape index (κ3) is 6.02. The minimum atomic E-state index is -0.257. The van der Waals surface area contributed by atoms with Crippen molar-refractivity contribution in [1.82, 2.24) is 15.2 Å². The minimum absolute atomic E-state index is 0.0141. The number of nitrogens with one attached hydrogen (secondary N) is 1. The molecule has 2 rings (SSSR count). The van der Waals surface area contributed by atoms with E-state index in [-0.39, 0.29) is 11.7 Å². The Balaban J connectivity index is 1.73. The Morgan fingerprint density at radius 3 is 2.62 bits per heavy atom. The number of hydrogen-bond donors (Lipinski definition) is 1. The number of benzene rings is 1. The van der Waals surface area contributed by atoms with Crippen molar-refractivity contribution < 1.29 is 9.18 Å². The summed E-state index contributed by atoms with van der Waals surface area (Å²) in [5, 5.41) is 5.87. The third-order valence-electron chi connectivity index (χ3n) is 3.87. The van der Waals surface area contributed by atoms with E-state index in [1.54, 1.807) is 23.5 Å². The van der Waals surface area contributed by atoms with Crippen molar-refractivity contribution in [3.05, 3.63) is 51.7 Å². The summed E-state index contributed by atoms with van der Waals surface area (Å²) in [5.41, 5.74) is 2.02. The van der Waals surface area contributed by atoms with Gasteiger partial charge >= 0.3 is 0 Å². The second kappa shape index (κ2) is 9.49. The summed E-state index contributed by atoms with van der Waals surface area (Å²) in [6.07, 6.45) is 1.00. The molecule has 1 aromatic heterocycles. The van der Waals surface area contributed by atoms with Crippen LogP contribution in [-0.2, 0) is 24.3 Å². The van der Waals surface area contributed by atoms with Gasteiger partial charge < -0.3 is 5.32 Å². The standard InChI is InChI=1S/C18H24FN3OS/c1-3-22(4-2)12-16-13-24-18(21-16)11-20-17(23)10-7-14-5-8-15(19)9-6-14/h5-6,8-9,13H,3-4,7,10-12H2,1-2H3,(H,20,23). The normalized spacial score (nSPS) is 11.0. The molecule has 0 fully saturated rings. The molecule has 1 amide bonds. The van der Waals surface area contributed by atoms with Gasteiger partial charge in [-0.15, -0.1) is 11.3 Å². The van der Waals surface area contributed by atoms with Gasteiger partial charge in [0.05, 0.1) is 12.2 Å². The molecule has 0 aliphatic heterocycles.